The van der Waals surface area contributed by atoms with E-state index in [1.54, 1.807) is 0 Å². The largest absolute Gasteiger partial charge is 0.396 e. The van der Waals surface area contributed by atoms with Crippen LogP contribution >= 0.6 is 0 Å². The Bertz CT molecular complexity index is 403. The van der Waals surface area contributed by atoms with E-state index in [1.165, 1.54) is 5.56 Å². The maximum absolute atomic E-state index is 11.8. The maximum Gasteiger partial charge on any atom is 0.319 e. The molecule has 1 rings (SSSR count). The van der Waals surface area contributed by atoms with Crippen LogP contribution in [0.1, 0.15) is 32.8 Å². The van der Waals surface area contributed by atoms with Crippen LogP contribution < -0.4 is 10.6 Å². The molecular formula is C14H22N2O2. The molecule has 4 nitrogen and oxygen atoms in total. The molecule has 0 radical (unpaired) electrons. The summed E-state index contributed by atoms with van der Waals surface area (Å²) >= 11 is 0. The molecule has 18 heavy (non-hydrogen) atoms. The molecule has 0 aromatic heterocycles. The van der Waals surface area contributed by atoms with E-state index in [0.717, 1.165) is 12.1 Å². The molecule has 100 valence electrons. The molecule has 0 aliphatic rings. The molecule has 4 heteroatoms. The molecule has 0 spiro atoms. The lowest BCUT2D eigenvalue weighted by Crippen LogP contribution is -2.46. The fraction of sp³-hybridized carbons (Fsp3) is 0.500. The number of hydrogen-bond donors (Lipinski definition) is 3. The molecular weight excluding hydrogens is 228 g/mol. The molecule has 0 unspecified atom stereocenters. The Morgan fingerprint density at radius 3 is 2.72 bits per heavy atom. The molecule has 0 saturated heterocycles. The summed E-state index contributed by atoms with van der Waals surface area (Å²) in [4.78, 5) is 11.8. The summed E-state index contributed by atoms with van der Waals surface area (Å²) in [6.45, 7) is 5.89. The summed E-state index contributed by atoms with van der Waals surface area (Å²) < 4.78 is 0. The van der Waals surface area contributed by atoms with Gasteiger partial charge in [-0.2, -0.15) is 0 Å². The topological polar surface area (TPSA) is 61.4 Å². The van der Waals surface area contributed by atoms with Gasteiger partial charge in [-0.05, 0) is 44.4 Å². The smallest absolute Gasteiger partial charge is 0.319 e. The second-order valence-electron chi connectivity index (χ2n) is 4.99. The number of urea groups is 1. The SMILES string of the molecule is CCc1cccc(NC(=O)NC(C)(C)CCO)c1. The lowest BCUT2D eigenvalue weighted by atomic mass is 10.0. The van der Waals surface area contributed by atoms with Crippen LogP contribution in [0, 0.1) is 0 Å². The number of anilines is 1. The molecule has 0 aliphatic carbocycles. The molecule has 0 heterocycles. The number of benzene rings is 1. The van der Waals surface area contributed by atoms with Crippen molar-refractivity contribution in [2.45, 2.75) is 39.2 Å². The Kier molecular flexibility index (Phi) is 5.16. The second-order valence-corrected chi connectivity index (χ2v) is 4.99. The molecule has 3 N–H and O–H groups in total. The zero-order valence-electron chi connectivity index (χ0n) is 11.3. The summed E-state index contributed by atoms with van der Waals surface area (Å²) in [5, 5.41) is 14.5. The van der Waals surface area contributed by atoms with Gasteiger partial charge in [-0.25, -0.2) is 4.79 Å². The molecule has 0 aliphatic heterocycles. The fourth-order valence-electron chi connectivity index (χ4n) is 1.68. The monoisotopic (exact) mass is 250 g/mol. The molecule has 1 aromatic carbocycles. The van der Waals surface area contributed by atoms with Gasteiger partial charge in [0.1, 0.15) is 0 Å². The first kappa shape index (κ1) is 14.5. The number of carbonyl (C=O) groups excluding carboxylic acids is 1. The van der Waals surface area contributed by atoms with E-state index in [0.29, 0.717) is 6.42 Å². The van der Waals surface area contributed by atoms with Gasteiger partial charge in [0.2, 0.25) is 0 Å². The van der Waals surface area contributed by atoms with E-state index in [-0.39, 0.29) is 12.6 Å². The Labute approximate surface area is 108 Å². The zero-order valence-corrected chi connectivity index (χ0v) is 11.3. The van der Waals surface area contributed by atoms with Crippen molar-refractivity contribution in [3.05, 3.63) is 29.8 Å². The lowest BCUT2D eigenvalue weighted by molar-refractivity contribution is 0.218. The van der Waals surface area contributed by atoms with E-state index in [2.05, 4.69) is 17.6 Å². The van der Waals surface area contributed by atoms with E-state index in [9.17, 15) is 4.79 Å². The number of hydrogen-bond acceptors (Lipinski definition) is 2. The van der Waals surface area contributed by atoms with Crippen LogP contribution in [-0.4, -0.2) is 23.3 Å². The standard InChI is InChI=1S/C14H22N2O2/c1-4-11-6-5-7-12(10-11)15-13(18)16-14(2,3)8-9-17/h5-7,10,17H,4,8-9H2,1-3H3,(H2,15,16,18). The fourth-order valence-corrected chi connectivity index (χ4v) is 1.68. The second kappa shape index (κ2) is 6.40. The van der Waals surface area contributed by atoms with Gasteiger partial charge in [0.05, 0.1) is 0 Å². The van der Waals surface area contributed by atoms with Crippen molar-refractivity contribution in [3.63, 3.8) is 0 Å². The van der Waals surface area contributed by atoms with Gasteiger partial charge in [0, 0.05) is 17.8 Å². The minimum atomic E-state index is -0.415. The van der Waals surface area contributed by atoms with E-state index in [1.807, 2.05) is 38.1 Å². The van der Waals surface area contributed by atoms with Crippen molar-refractivity contribution in [2.75, 3.05) is 11.9 Å². The average Bonchev–Trinajstić information content (AvgIpc) is 2.28. The number of aliphatic hydroxyl groups excluding tert-OH is 1. The van der Waals surface area contributed by atoms with Gasteiger partial charge in [0.15, 0.2) is 0 Å². The predicted molar refractivity (Wildman–Crippen MR) is 73.8 cm³/mol. The Balaban J connectivity index is 2.59. The summed E-state index contributed by atoms with van der Waals surface area (Å²) in [6.07, 6.45) is 1.46. The van der Waals surface area contributed by atoms with Gasteiger partial charge < -0.3 is 15.7 Å². The molecule has 2 amide bonds. The highest BCUT2D eigenvalue weighted by molar-refractivity contribution is 5.89. The third-order valence-electron chi connectivity index (χ3n) is 2.78. The molecule has 0 fully saturated rings. The van der Waals surface area contributed by atoms with Crippen molar-refractivity contribution < 1.29 is 9.90 Å². The zero-order chi connectivity index (χ0) is 13.6. The number of aliphatic hydroxyl groups is 1. The first-order valence-corrected chi connectivity index (χ1v) is 6.26. The van der Waals surface area contributed by atoms with Crippen molar-refractivity contribution in [2.24, 2.45) is 0 Å². The first-order chi connectivity index (χ1) is 8.46. The summed E-state index contributed by atoms with van der Waals surface area (Å²) in [7, 11) is 0. The van der Waals surface area contributed by atoms with Gasteiger partial charge in [-0.3, -0.25) is 0 Å². The summed E-state index contributed by atoms with van der Waals surface area (Å²) in [5.41, 5.74) is 1.55. The molecule has 1 aromatic rings. The average molecular weight is 250 g/mol. The third-order valence-corrected chi connectivity index (χ3v) is 2.78. The highest BCUT2D eigenvalue weighted by Gasteiger charge is 2.19. The van der Waals surface area contributed by atoms with E-state index >= 15 is 0 Å². The first-order valence-electron chi connectivity index (χ1n) is 6.26. The van der Waals surface area contributed by atoms with Crippen molar-refractivity contribution >= 4 is 11.7 Å². The van der Waals surface area contributed by atoms with Crippen LogP contribution in [0.15, 0.2) is 24.3 Å². The minimum absolute atomic E-state index is 0.0542. The van der Waals surface area contributed by atoms with Crippen molar-refractivity contribution in [3.8, 4) is 0 Å². The highest BCUT2D eigenvalue weighted by Crippen LogP contribution is 2.12. The minimum Gasteiger partial charge on any atom is -0.396 e. The van der Waals surface area contributed by atoms with Crippen molar-refractivity contribution in [1.29, 1.82) is 0 Å². The van der Waals surface area contributed by atoms with Gasteiger partial charge >= 0.3 is 6.03 Å². The summed E-state index contributed by atoms with van der Waals surface area (Å²) in [6, 6.07) is 7.52. The Morgan fingerprint density at radius 2 is 2.11 bits per heavy atom. The van der Waals surface area contributed by atoms with Crippen LogP contribution in [0.4, 0.5) is 10.5 Å². The van der Waals surface area contributed by atoms with E-state index < -0.39 is 5.54 Å². The number of aryl methyl sites for hydroxylation is 1. The molecule has 0 saturated carbocycles. The lowest BCUT2D eigenvalue weighted by Gasteiger charge is -2.25. The number of rotatable bonds is 5. The Morgan fingerprint density at radius 1 is 1.39 bits per heavy atom. The number of carbonyl (C=O) groups is 1. The van der Waals surface area contributed by atoms with Crippen LogP contribution in [0.3, 0.4) is 0 Å². The predicted octanol–water partition coefficient (Wildman–Crippen LogP) is 2.53. The maximum atomic E-state index is 11.8. The van der Waals surface area contributed by atoms with Crippen molar-refractivity contribution in [1.82, 2.24) is 5.32 Å². The Hall–Kier alpha value is -1.55. The highest BCUT2D eigenvalue weighted by atomic mass is 16.3. The van der Waals surface area contributed by atoms with Crippen LogP contribution in [0.5, 0.6) is 0 Å². The van der Waals surface area contributed by atoms with Crippen LogP contribution in [0.25, 0.3) is 0 Å². The number of nitrogens with one attached hydrogen (secondary N) is 2. The van der Waals surface area contributed by atoms with Crippen LogP contribution in [-0.2, 0) is 6.42 Å². The van der Waals surface area contributed by atoms with Crippen LogP contribution in [0.2, 0.25) is 0 Å². The normalized spacial score (nSPS) is 11.1. The quantitative estimate of drug-likeness (QED) is 0.752. The van der Waals surface area contributed by atoms with E-state index in [4.69, 9.17) is 5.11 Å². The van der Waals surface area contributed by atoms with Gasteiger partial charge in [-0.15, -0.1) is 0 Å². The van der Waals surface area contributed by atoms with Gasteiger partial charge in [-0.1, -0.05) is 19.1 Å². The molecule has 0 bridgehead atoms. The number of amides is 2. The summed E-state index contributed by atoms with van der Waals surface area (Å²) in [5.74, 6) is 0. The van der Waals surface area contributed by atoms with Gasteiger partial charge in [0.25, 0.3) is 0 Å². The third kappa shape index (κ3) is 4.75. The molecule has 0 atom stereocenters.